The van der Waals surface area contributed by atoms with E-state index in [1.165, 1.54) is 24.3 Å². The SMILES string of the molecule is COC(=O)C1CC(=O)N(c2cccnc2C(=O)O)C1. The second-order valence-corrected chi connectivity index (χ2v) is 4.10. The summed E-state index contributed by atoms with van der Waals surface area (Å²) in [7, 11) is 1.25. The number of amides is 1. The van der Waals surface area contributed by atoms with E-state index in [-0.39, 0.29) is 30.3 Å². The molecule has 1 atom stereocenters. The van der Waals surface area contributed by atoms with Gasteiger partial charge in [0.1, 0.15) is 0 Å². The number of carboxylic acids is 1. The Morgan fingerprint density at radius 1 is 1.53 bits per heavy atom. The highest BCUT2D eigenvalue weighted by Gasteiger charge is 2.37. The Labute approximate surface area is 108 Å². The average Bonchev–Trinajstić information content (AvgIpc) is 2.79. The number of nitrogens with zero attached hydrogens (tertiary/aromatic N) is 2. The third-order valence-electron chi connectivity index (χ3n) is 2.94. The minimum Gasteiger partial charge on any atom is -0.476 e. The predicted molar refractivity (Wildman–Crippen MR) is 63.7 cm³/mol. The molecule has 1 aromatic rings. The van der Waals surface area contributed by atoms with Crippen molar-refractivity contribution in [2.75, 3.05) is 18.6 Å². The van der Waals surface area contributed by atoms with Gasteiger partial charge in [0.2, 0.25) is 5.91 Å². The molecule has 1 unspecified atom stereocenters. The molecule has 1 N–H and O–H groups in total. The Balaban J connectivity index is 2.31. The molecule has 1 aliphatic rings. The topological polar surface area (TPSA) is 96.8 Å². The number of carbonyl (C=O) groups is 3. The lowest BCUT2D eigenvalue weighted by Gasteiger charge is -2.17. The van der Waals surface area contributed by atoms with E-state index in [1.54, 1.807) is 6.07 Å². The molecule has 1 amide bonds. The summed E-state index contributed by atoms with van der Waals surface area (Å²) in [5.41, 5.74) is -0.00670. The second kappa shape index (κ2) is 5.05. The van der Waals surface area contributed by atoms with Crippen molar-refractivity contribution >= 4 is 23.5 Å². The van der Waals surface area contributed by atoms with Crippen LogP contribution in [0.4, 0.5) is 5.69 Å². The summed E-state index contributed by atoms with van der Waals surface area (Å²) in [5.74, 6) is -2.58. The van der Waals surface area contributed by atoms with E-state index < -0.39 is 17.9 Å². The van der Waals surface area contributed by atoms with Crippen LogP contribution >= 0.6 is 0 Å². The summed E-state index contributed by atoms with van der Waals surface area (Å²) in [6.07, 6.45) is 1.35. The van der Waals surface area contributed by atoms with Gasteiger partial charge >= 0.3 is 11.9 Å². The summed E-state index contributed by atoms with van der Waals surface area (Å²) in [6.45, 7) is 0.109. The number of rotatable bonds is 3. The number of pyridine rings is 1. The van der Waals surface area contributed by atoms with Crippen molar-refractivity contribution in [2.24, 2.45) is 5.92 Å². The van der Waals surface area contributed by atoms with E-state index in [1.807, 2.05) is 0 Å². The number of aromatic nitrogens is 1. The first kappa shape index (κ1) is 13.0. The number of anilines is 1. The van der Waals surface area contributed by atoms with E-state index >= 15 is 0 Å². The lowest BCUT2D eigenvalue weighted by atomic mass is 10.1. The quantitative estimate of drug-likeness (QED) is 0.789. The number of aromatic carboxylic acids is 1. The van der Waals surface area contributed by atoms with Crippen LogP contribution in [0.2, 0.25) is 0 Å². The van der Waals surface area contributed by atoms with E-state index in [9.17, 15) is 14.4 Å². The Bertz CT molecular complexity index is 543. The molecule has 0 aromatic carbocycles. The van der Waals surface area contributed by atoms with Gasteiger partial charge in [-0.05, 0) is 12.1 Å². The van der Waals surface area contributed by atoms with Crippen LogP contribution in [0.1, 0.15) is 16.9 Å². The van der Waals surface area contributed by atoms with Gasteiger partial charge in [0.25, 0.3) is 0 Å². The van der Waals surface area contributed by atoms with Crippen molar-refractivity contribution in [1.82, 2.24) is 4.98 Å². The molecule has 19 heavy (non-hydrogen) atoms. The largest absolute Gasteiger partial charge is 0.476 e. The molecule has 7 heteroatoms. The Morgan fingerprint density at radius 2 is 2.26 bits per heavy atom. The van der Waals surface area contributed by atoms with Crippen LogP contribution in [0.15, 0.2) is 18.3 Å². The Hall–Kier alpha value is -2.44. The van der Waals surface area contributed by atoms with Crippen LogP contribution in [-0.4, -0.2) is 41.6 Å². The van der Waals surface area contributed by atoms with Crippen LogP contribution in [0.5, 0.6) is 0 Å². The monoisotopic (exact) mass is 264 g/mol. The van der Waals surface area contributed by atoms with Gasteiger partial charge in [0.05, 0.1) is 18.7 Å². The number of carboxylic acid groups (broad SMARTS) is 1. The van der Waals surface area contributed by atoms with Gasteiger partial charge in [-0.15, -0.1) is 0 Å². The van der Waals surface area contributed by atoms with Crippen molar-refractivity contribution in [3.05, 3.63) is 24.0 Å². The van der Waals surface area contributed by atoms with Crippen molar-refractivity contribution < 1.29 is 24.2 Å². The van der Waals surface area contributed by atoms with Crippen LogP contribution in [0, 0.1) is 5.92 Å². The molecule has 2 heterocycles. The smallest absolute Gasteiger partial charge is 0.356 e. The maximum atomic E-state index is 11.9. The van der Waals surface area contributed by atoms with E-state index in [2.05, 4.69) is 9.72 Å². The maximum absolute atomic E-state index is 11.9. The van der Waals surface area contributed by atoms with Crippen molar-refractivity contribution in [3.8, 4) is 0 Å². The first-order valence-corrected chi connectivity index (χ1v) is 5.61. The minimum absolute atomic E-state index is 0.0145. The van der Waals surface area contributed by atoms with Crippen molar-refractivity contribution in [3.63, 3.8) is 0 Å². The number of hydrogen-bond donors (Lipinski definition) is 1. The molecular formula is C12H12N2O5. The molecule has 2 rings (SSSR count). The molecule has 0 bridgehead atoms. The third-order valence-corrected chi connectivity index (χ3v) is 2.94. The number of carbonyl (C=O) groups excluding carboxylic acids is 2. The van der Waals surface area contributed by atoms with Crippen LogP contribution < -0.4 is 4.90 Å². The highest BCUT2D eigenvalue weighted by atomic mass is 16.5. The zero-order valence-electron chi connectivity index (χ0n) is 10.2. The lowest BCUT2D eigenvalue weighted by molar-refractivity contribution is -0.145. The molecule has 100 valence electrons. The van der Waals surface area contributed by atoms with Crippen LogP contribution in [-0.2, 0) is 14.3 Å². The number of hydrogen-bond acceptors (Lipinski definition) is 5. The predicted octanol–water partition coefficient (Wildman–Crippen LogP) is 0.306. The zero-order valence-corrected chi connectivity index (χ0v) is 10.2. The van der Waals surface area contributed by atoms with Gasteiger partial charge in [0.15, 0.2) is 5.69 Å². The molecule has 1 saturated heterocycles. The van der Waals surface area contributed by atoms with Gasteiger partial charge < -0.3 is 14.7 Å². The zero-order chi connectivity index (χ0) is 14.0. The first-order chi connectivity index (χ1) is 9.04. The normalized spacial score (nSPS) is 18.5. The van der Waals surface area contributed by atoms with Crippen molar-refractivity contribution in [1.29, 1.82) is 0 Å². The Kier molecular flexibility index (Phi) is 3.46. The average molecular weight is 264 g/mol. The molecule has 1 fully saturated rings. The van der Waals surface area contributed by atoms with Gasteiger partial charge in [-0.25, -0.2) is 9.78 Å². The lowest BCUT2D eigenvalue weighted by Crippen LogP contribution is -2.28. The van der Waals surface area contributed by atoms with Crippen LogP contribution in [0.25, 0.3) is 0 Å². The molecule has 1 aromatic heterocycles. The maximum Gasteiger partial charge on any atom is 0.356 e. The fourth-order valence-electron chi connectivity index (χ4n) is 2.04. The number of methoxy groups -OCH3 is 1. The number of ether oxygens (including phenoxy) is 1. The minimum atomic E-state index is -1.22. The van der Waals surface area contributed by atoms with Gasteiger partial charge in [-0.1, -0.05) is 0 Å². The summed E-state index contributed by atoms with van der Waals surface area (Å²) in [6, 6.07) is 3.04. The summed E-state index contributed by atoms with van der Waals surface area (Å²) >= 11 is 0. The molecule has 1 aliphatic heterocycles. The van der Waals surface area contributed by atoms with E-state index in [4.69, 9.17) is 5.11 Å². The molecule has 7 nitrogen and oxygen atoms in total. The van der Waals surface area contributed by atoms with Gasteiger partial charge in [0, 0.05) is 19.2 Å². The van der Waals surface area contributed by atoms with Gasteiger partial charge in [-0.2, -0.15) is 0 Å². The van der Waals surface area contributed by atoms with E-state index in [0.29, 0.717) is 0 Å². The van der Waals surface area contributed by atoms with Gasteiger partial charge in [-0.3, -0.25) is 9.59 Å². The first-order valence-electron chi connectivity index (χ1n) is 5.61. The summed E-state index contributed by atoms with van der Waals surface area (Å²) in [5, 5.41) is 9.04. The highest BCUT2D eigenvalue weighted by molar-refractivity contribution is 6.03. The molecule has 0 saturated carbocycles. The van der Waals surface area contributed by atoms with Crippen molar-refractivity contribution in [2.45, 2.75) is 6.42 Å². The Morgan fingerprint density at radius 3 is 2.89 bits per heavy atom. The molecular weight excluding hydrogens is 252 g/mol. The standard InChI is InChI=1S/C12H12N2O5/c1-19-12(18)7-5-9(15)14(6-7)8-3-2-4-13-10(8)11(16)17/h2-4,7H,5-6H2,1H3,(H,16,17). The number of esters is 1. The third kappa shape index (κ3) is 2.40. The van der Waals surface area contributed by atoms with E-state index in [0.717, 1.165) is 0 Å². The highest BCUT2D eigenvalue weighted by Crippen LogP contribution is 2.27. The molecule has 0 aliphatic carbocycles. The second-order valence-electron chi connectivity index (χ2n) is 4.10. The summed E-state index contributed by atoms with van der Waals surface area (Å²) in [4.78, 5) is 39.4. The fraction of sp³-hybridized carbons (Fsp3) is 0.333. The molecule has 0 radical (unpaired) electrons. The fourth-order valence-corrected chi connectivity index (χ4v) is 2.04. The van der Waals surface area contributed by atoms with Crippen LogP contribution in [0.3, 0.4) is 0 Å². The summed E-state index contributed by atoms with van der Waals surface area (Å²) < 4.78 is 4.59. The molecule has 0 spiro atoms.